The first-order chi connectivity index (χ1) is 57.5. The third kappa shape index (κ3) is 29.2. The van der Waals surface area contributed by atoms with Gasteiger partial charge in [-0.25, -0.2) is 15.0 Å². The molecule has 0 unspecified atom stereocenters. The average Bonchev–Trinajstić information content (AvgIpc) is 1.74. The Balaban J connectivity index is 1.18. The first kappa shape index (κ1) is 91.8. The number of amides is 14. The quantitative estimate of drug-likeness (QED) is 0.0144. The number of aromatic amines is 4. The molecular formula is C77H103N27O15S. The molecule has 0 radical (unpaired) electrons. The molecule has 5 heterocycles. The van der Waals surface area contributed by atoms with Crippen LogP contribution in [-0.2, 0) is 106 Å². The van der Waals surface area contributed by atoms with Crippen LogP contribution in [0.3, 0.4) is 0 Å². The second-order valence-electron chi connectivity index (χ2n) is 28.7. The minimum Gasteiger partial charge on any atom is -0.394 e. The summed E-state index contributed by atoms with van der Waals surface area (Å²) in [5.74, 6) is -15.9. The van der Waals surface area contributed by atoms with Crippen LogP contribution in [0, 0.1) is 16.7 Å². The maximum atomic E-state index is 15.3. The van der Waals surface area contributed by atoms with Crippen molar-refractivity contribution in [3.8, 4) is 0 Å². The number of aromatic nitrogens is 7. The van der Waals surface area contributed by atoms with Gasteiger partial charge in [0.1, 0.15) is 66.5 Å². The molecule has 42 nitrogen and oxygen atoms in total. The molecule has 0 spiro atoms. The number of imidazole rings is 3. The number of thioether (sulfide) groups is 1. The lowest BCUT2D eigenvalue weighted by molar-refractivity contribution is -0.143. The van der Waals surface area contributed by atoms with E-state index in [0.29, 0.717) is 33.3 Å². The number of nitrogens with two attached hydrogens (primary N) is 3. The predicted molar refractivity (Wildman–Crippen MR) is 438 cm³/mol. The van der Waals surface area contributed by atoms with E-state index in [1.165, 1.54) is 44.6 Å². The molecule has 8 rings (SSSR count). The number of hydrogen-bond acceptors (Lipinski definition) is 21. The van der Waals surface area contributed by atoms with Crippen molar-refractivity contribution in [2.45, 2.75) is 145 Å². The number of fused-ring (bicyclic) bond motifs is 1. The van der Waals surface area contributed by atoms with Crippen LogP contribution >= 0.6 is 11.8 Å². The first-order valence-corrected chi connectivity index (χ1v) is 39.7. The zero-order chi connectivity index (χ0) is 86.8. The molecule has 4 aromatic heterocycles. The monoisotopic (exact) mass is 1680 g/mol. The fraction of sp³-hybridized carbons (Fsp3) is 0.416. The van der Waals surface area contributed by atoms with Gasteiger partial charge in [0.05, 0.1) is 44.4 Å². The summed E-state index contributed by atoms with van der Waals surface area (Å²) in [6.45, 7) is 0.528. The van der Waals surface area contributed by atoms with E-state index in [1.54, 1.807) is 105 Å². The highest BCUT2D eigenvalue weighted by Gasteiger charge is 2.40. The number of nitrogens with zero attached hydrogens (tertiary/aromatic N) is 4. The van der Waals surface area contributed by atoms with Gasteiger partial charge in [0.2, 0.25) is 82.7 Å². The molecule has 1 saturated heterocycles. The number of para-hydroxylation sites is 1. The Labute approximate surface area is 692 Å². The van der Waals surface area contributed by atoms with E-state index in [0.717, 1.165) is 16.7 Å². The molecule has 11 atom stereocenters. The normalized spacial score (nSPS) is 22.0. The zero-order valence-electron chi connectivity index (χ0n) is 66.2. The van der Waals surface area contributed by atoms with E-state index in [9.17, 15) is 48.3 Å². The molecule has 43 heteroatoms. The molecule has 3 aromatic carbocycles. The van der Waals surface area contributed by atoms with Crippen molar-refractivity contribution in [3.63, 3.8) is 0 Å². The highest BCUT2D eigenvalue weighted by molar-refractivity contribution is 8.00. The first-order valence-electron chi connectivity index (χ1n) is 38.5. The van der Waals surface area contributed by atoms with Crippen LogP contribution in [0.15, 0.2) is 129 Å². The van der Waals surface area contributed by atoms with Crippen molar-refractivity contribution < 1.29 is 72.2 Å². The van der Waals surface area contributed by atoms with E-state index < -0.39 is 198 Å². The van der Waals surface area contributed by atoms with E-state index in [4.69, 9.17) is 28.0 Å². The van der Waals surface area contributed by atoms with Gasteiger partial charge in [0.25, 0.3) is 0 Å². The minimum atomic E-state index is -1.83. The Bertz CT molecular complexity index is 4650. The Kier molecular flexibility index (Phi) is 35.4. The third-order valence-corrected chi connectivity index (χ3v) is 20.2. The predicted octanol–water partition coefficient (Wildman–Crippen LogP) is -5.59. The molecule has 120 heavy (non-hydrogen) atoms. The van der Waals surface area contributed by atoms with Crippen molar-refractivity contribution in [2.24, 2.45) is 23.1 Å². The number of likely N-dealkylation sites (N-methyl/N-ethyl adjacent to an activating group) is 1. The van der Waals surface area contributed by atoms with E-state index in [1.807, 2.05) is 0 Å². The Morgan fingerprint density at radius 3 is 1.51 bits per heavy atom. The van der Waals surface area contributed by atoms with Gasteiger partial charge in [-0.3, -0.25) is 77.9 Å². The largest absolute Gasteiger partial charge is 0.394 e. The number of hydrogen-bond donors (Lipinski definition) is 24. The number of primary amides is 1. The van der Waals surface area contributed by atoms with Gasteiger partial charge >= 0.3 is 0 Å². The van der Waals surface area contributed by atoms with Gasteiger partial charge in [-0.2, -0.15) is 0 Å². The third-order valence-electron chi connectivity index (χ3n) is 19.2. The number of benzene rings is 3. The van der Waals surface area contributed by atoms with E-state index in [2.05, 4.69) is 109 Å². The van der Waals surface area contributed by atoms with Crippen LogP contribution in [0.1, 0.15) is 73.3 Å². The van der Waals surface area contributed by atoms with Gasteiger partial charge in [0, 0.05) is 117 Å². The van der Waals surface area contributed by atoms with Crippen LogP contribution in [0.2, 0.25) is 0 Å². The smallest absolute Gasteiger partial charge is 0.245 e. The van der Waals surface area contributed by atoms with Crippen LogP contribution in [0.5, 0.6) is 0 Å². The second kappa shape index (κ2) is 46.3. The summed E-state index contributed by atoms with van der Waals surface area (Å²) >= 11 is 0.800. The van der Waals surface area contributed by atoms with Gasteiger partial charge in [-0.15, -0.1) is 11.8 Å². The maximum Gasteiger partial charge on any atom is 0.245 e. The standard InChI is InChI=1S/C77H103N27O15S/c1-42(2)64-74(118)101-54(26-45-30-88-50-19-11-10-18-49(45)50)68(112)98-55(27-46-31-83-39-91-46)65(109)90-35-62(107)95-58(36-105)72(116)97-52(21-13-23-87-77(81)82)75(119)104(3)60(25-44-16-8-5-9-17-44)73(117)100-57(29-48-33-85-41-93-48)69(113)96-51(20-12-22-86-76(79)80)67(111)99-56(28-47-32-84-40-92-47)70(114)102-59(66(110)89-34-61(78)106)37-120-38-63(108)94-53(71(115)103-64)24-43-14-6-4-7-15-43/h4-11,14-19,30-33,39-42,51-60,64,88,105H,12-13,20-29,34-38H2,1-3H3,(H2,78,106)(H,83,91)(H,84,92)(H,85,93)(H,89,110)(H,90,109)(H,94,108)(H,95,107)(H,96,113)(H,97,116)(H,98,112)(H,99,111)(H,100,117)(H,101,118)(H,102,114)(H,103,115)(H4,79,80,86)(H4,81,82,87)/t51-,52+,53-,54+,55+,56+,57+,58+,59+,60+,64+/m1/s1. The van der Waals surface area contributed by atoms with Gasteiger partial charge in [0.15, 0.2) is 11.9 Å². The molecule has 7 aromatic rings. The molecular weight excluding hydrogens is 1580 g/mol. The van der Waals surface area contributed by atoms with Crippen molar-refractivity contribution in [2.75, 3.05) is 51.3 Å². The Hall–Kier alpha value is -13.7. The molecule has 1 fully saturated rings. The molecule has 14 amide bonds. The van der Waals surface area contributed by atoms with Gasteiger partial charge in [-0.05, 0) is 54.4 Å². The summed E-state index contributed by atoms with van der Waals surface area (Å²) in [4.78, 5) is 229. The maximum absolute atomic E-state index is 15.3. The summed E-state index contributed by atoms with van der Waals surface area (Å²) in [6.07, 6.45) is 7.65. The number of carbonyl (C=O) groups is 14. The van der Waals surface area contributed by atoms with Gasteiger partial charge in [-0.1, -0.05) is 92.7 Å². The summed E-state index contributed by atoms with van der Waals surface area (Å²) in [6, 6.07) is 6.68. The highest BCUT2D eigenvalue weighted by Crippen LogP contribution is 2.21. The molecule has 642 valence electrons. The molecule has 1 aliphatic rings. The summed E-state index contributed by atoms with van der Waals surface area (Å²) in [5, 5.41) is 63.6. The van der Waals surface area contributed by atoms with Crippen LogP contribution < -0.4 is 91.6 Å². The van der Waals surface area contributed by atoms with Crippen molar-refractivity contribution in [3.05, 3.63) is 162 Å². The number of H-pyrrole nitrogens is 4. The SMILES string of the molecule is CC(C)[C@@H]1NC(=O)[C@@H](Cc2ccccc2)NC(=O)CSC[C@@H](C(=O)NCC(N)=O)NC(=O)[C@H](Cc2cnc[nH]2)NC(=O)[C@@H](CCCNC(=N)N)NC(=O)[C@H](Cc2cnc[nH]2)NC(=O)[C@H](Cc2ccccc2)N(C)C(=O)[C@H](CCCNC(=N)N)NC(=O)[C@H](CO)NC(=O)CNC(=O)[C@H](Cc2cnc[nH]2)NC(=O)[C@H](Cc2c[nH]c3ccccc23)NC1=O. The topological polar surface area (TPSA) is 658 Å². The Morgan fingerprint density at radius 1 is 0.508 bits per heavy atom. The molecule has 1 aliphatic heterocycles. The molecule has 0 aliphatic carbocycles. The molecule has 0 bridgehead atoms. The molecule has 27 N–H and O–H groups in total. The lowest BCUT2D eigenvalue weighted by Crippen LogP contribution is -2.61. The van der Waals surface area contributed by atoms with Crippen LogP contribution in [-0.4, -0.2) is 257 Å². The van der Waals surface area contributed by atoms with Crippen LogP contribution in [0.4, 0.5) is 0 Å². The van der Waals surface area contributed by atoms with E-state index in [-0.39, 0.29) is 88.7 Å². The zero-order valence-corrected chi connectivity index (χ0v) is 67.0. The van der Waals surface area contributed by atoms with Gasteiger partial charge < -0.3 is 122 Å². The fourth-order valence-electron chi connectivity index (χ4n) is 12.9. The van der Waals surface area contributed by atoms with Crippen molar-refractivity contribution in [1.29, 1.82) is 10.8 Å². The minimum absolute atomic E-state index is 0.0167. The fourth-order valence-corrected chi connectivity index (χ4v) is 13.7. The number of rotatable bonds is 25. The number of nitrogens with one attached hydrogen (secondary N) is 20. The van der Waals surface area contributed by atoms with Crippen molar-refractivity contribution >= 4 is 117 Å². The second-order valence-corrected chi connectivity index (χ2v) is 29.7. The van der Waals surface area contributed by atoms with E-state index >= 15 is 24.0 Å². The number of guanidine groups is 2. The lowest BCUT2D eigenvalue weighted by atomic mass is 9.99. The summed E-state index contributed by atoms with van der Waals surface area (Å²) in [5.41, 5.74) is 19.8. The summed E-state index contributed by atoms with van der Waals surface area (Å²) < 4.78 is 0. The lowest BCUT2D eigenvalue weighted by Gasteiger charge is -2.33. The average molecular weight is 1680 g/mol. The number of carbonyl (C=O) groups excluding carboxylic acids is 14. The highest BCUT2D eigenvalue weighted by atomic mass is 32.2. The number of aliphatic hydroxyl groups excluding tert-OH is 1. The van der Waals surface area contributed by atoms with Crippen molar-refractivity contribution in [1.82, 2.24) is 114 Å². The summed E-state index contributed by atoms with van der Waals surface area (Å²) in [7, 11) is 1.26. The number of aliphatic hydroxyl groups is 1. The Morgan fingerprint density at radius 2 is 0.967 bits per heavy atom. The molecule has 0 saturated carbocycles. The van der Waals surface area contributed by atoms with Crippen LogP contribution in [0.25, 0.3) is 10.9 Å².